The molecule has 0 bridgehead atoms. The Balaban J connectivity index is 2.37. The summed E-state index contributed by atoms with van der Waals surface area (Å²) >= 11 is 0. The second-order valence-electron chi connectivity index (χ2n) is 2.76. The topological polar surface area (TPSA) is 82.8 Å². The number of carbonyl (C=O) groups is 1. The molecule has 0 N–H and O–H groups in total. The molecule has 82 valence electrons. The van der Waals surface area contributed by atoms with Gasteiger partial charge in [-0.2, -0.15) is 9.78 Å². The van der Waals surface area contributed by atoms with Crippen LogP contribution in [0.4, 0.5) is 0 Å². The minimum atomic E-state index is -0.549. The predicted molar refractivity (Wildman–Crippen MR) is 52.9 cm³/mol. The van der Waals surface area contributed by atoms with Crippen molar-refractivity contribution >= 4 is 5.97 Å². The van der Waals surface area contributed by atoms with Crippen molar-refractivity contribution < 1.29 is 9.53 Å². The van der Waals surface area contributed by atoms with E-state index in [2.05, 4.69) is 20.1 Å². The summed E-state index contributed by atoms with van der Waals surface area (Å²) in [5.41, 5.74) is 0. The van der Waals surface area contributed by atoms with E-state index in [0.29, 0.717) is 0 Å². The van der Waals surface area contributed by atoms with Gasteiger partial charge in [-0.05, 0) is 13.0 Å². The summed E-state index contributed by atoms with van der Waals surface area (Å²) in [5, 5.41) is 3.87. The second kappa shape index (κ2) is 4.47. The molecule has 0 fully saturated rings. The summed E-state index contributed by atoms with van der Waals surface area (Å²) in [6.45, 7) is 2.00. The molecule has 2 aromatic rings. The number of hydrogen-bond acceptors (Lipinski definition) is 6. The van der Waals surface area contributed by atoms with Gasteiger partial charge in [0.05, 0.1) is 6.61 Å². The lowest BCUT2D eigenvalue weighted by atomic mass is 10.6. The largest absolute Gasteiger partial charge is 0.460 e. The molecule has 7 nitrogen and oxygen atoms in total. The maximum absolute atomic E-state index is 11.5. The van der Waals surface area contributed by atoms with E-state index in [4.69, 9.17) is 4.74 Å². The fourth-order valence-corrected chi connectivity index (χ4v) is 1.12. The highest BCUT2D eigenvalue weighted by Gasteiger charge is 2.17. The lowest BCUT2D eigenvalue weighted by Gasteiger charge is -2.02. The Morgan fingerprint density at radius 1 is 1.38 bits per heavy atom. The number of rotatable bonds is 3. The van der Waals surface area contributed by atoms with Crippen LogP contribution in [-0.4, -0.2) is 37.3 Å². The molecule has 0 saturated heterocycles. The van der Waals surface area contributed by atoms with Crippen LogP contribution >= 0.6 is 0 Å². The van der Waals surface area contributed by atoms with Gasteiger partial charge in [-0.1, -0.05) is 0 Å². The van der Waals surface area contributed by atoms with E-state index in [1.54, 1.807) is 25.4 Å². The van der Waals surface area contributed by atoms with Crippen molar-refractivity contribution in [3.63, 3.8) is 0 Å². The van der Waals surface area contributed by atoms with Crippen LogP contribution in [0.5, 0.6) is 0 Å². The van der Waals surface area contributed by atoms with E-state index >= 15 is 0 Å². The van der Waals surface area contributed by atoms with Crippen LogP contribution in [-0.2, 0) is 4.74 Å². The first-order valence-electron chi connectivity index (χ1n) is 4.67. The summed E-state index contributed by atoms with van der Waals surface area (Å²) in [6, 6.07) is 1.67. The highest BCUT2D eigenvalue weighted by atomic mass is 16.5. The van der Waals surface area contributed by atoms with Crippen molar-refractivity contribution in [2.45, 2.75) is 6.92 Å². The molecule has 0 aliphatic carbocycles. The molecule has 0 aromatic carbocycles. The average molecular weight is 219 g/mol. The van der Waals surface area contributed by atoms with Crippen molar-refractivity contribution in [2.75, 3.05) is 6.61 Å². The van der Waals surface area contributed by atoms with Gasteiger partial charge in [0, 0.05) is 12.4 Å². The zero-order valence-corrected chi connectivity index (χ0v) is 8.57. The molecule has 0 aliphatic heterocycles. The molecular weight excluding hydrogens is 210 g/mol. The molecule has 2 heterocycles. The molecule has 0 saturated carbocycles. The van der Waals surface area contributed by atoms with E-state index in [0.717, 1.165) is 0 Å². The lowest BCUT2D eigenvalue weighted by molar-refractivity contribution is 0.0508. The lowest BCUT2D eigenvalue weighted by Crippen LogP contribution is -2.14. The maximum atomic E-state index is 11.5. The van der Waals surface area contributed by atoms with Gasteiger partial charge in [0.25, 0.3) is 5.95 Å². The van der Waals surface area contributed by atoms with Gasteiger partial charge < -0.3 is 4.74 Å². The van der Waals surface area contributed by atoms with Crippen LogP contribution in [0, 0.1) is 0 Å². The van der Waals surface area contributed by atoms with Crippen molar-refractivity contribution in [1.82, 2.24) is 24.7 Å². The van der Waals surface area contributed by atoms with Crippen molar-refractivity contribution in [1.29, 1.82) is 0 Å². The molecule has 0 unspecified atom stereocenters. The second-order valence-corrected chi connectivity index (χ2v) is 2.76. The maximum Gasteiger partial charge on any atom is 0.376 e. The Kier molecular flexibility index (Phi) is 2.86. The predicted octanol–water partition coefficient (Wildman–Crippen LogP) is 0.234. The molecule has 2 aromatic heterocycles. The normalized spacial score (nSPS) is 10.1. The van der Waals surface area contributed by atoms with E-state index in [-0.39, 0.29) is 18.4 Å². The molecule has 16 heavy (non-hydrogen) atoms. The van der Waals surface area contributed by atoms with Crippen LogP contribution < -0.4 is 0 Å². The van der Waals surface area contributed by atoms with Crippen molar-refractivity contribution in [2.24, 2.45) is 0 Å². The minimum Gasteiger partial charge on any atom is -0.460 e. The summed E-state index contributed by atoms with van der Waals surface area (Å²) in [7, 11) is 0. The molecule has 0 aliphatic rings. The third-order valence-corrected chi connectivity index (χ3v) is 1.75. The number of aromatic nitrogens is 5. The molecule has 0 spiro atoms. The Hall–Kier alpha value is -2.31. The molecule has 7 heteroatoms. The number of ether oxygens (including phenoxy) is 1. The first-order valence-corrected chi connectivity index (χ1v) is 4.67. The fourth-order valence-electron chi connectivity index (χ4n) is 1.12. The zero-order valence-electron chi connectivity index (χ0n) is 8.57. The van der Waals surface area contributed by atoms with Gasteiger partial charge in [0.15, 0.2) is 0 Å². The third kappa shape index (κ3) is 1.88. The number of nitrogens with zero attached hydrogens (tertiary/aromatic N) is 5. The SMILES string of the molecule is CCOC(=O)c1ncnn1-c1ncccn1. The molecule has 0 radical (unpaired) electrons. The minimum absolute atomic E-state index is 0.0630. The van der Waals surface area contributed by atoms with E-state index in [1.165, 1.54) is 11.0 Å². The van der Waals surface area contributed by atoms with E-state index in [1.807, 2.05) is 0 Å². The molecule has 2 rings (SSSR count). The monoisotopic (exact) mass is 219 g/mol. The van der Waals surface area contributed by atoms with Gasteiger partial charge in [0.2, 0.25) is 5.82 Å². The van der Waals surface area contributed by atoms with Gasteiger partial charge in [-0.3, -0.25) is 0 Å². The van der Waals surface area contributed by atoms with Crippen LogP contribution in [0.2, 0.25) is 0 Å². The highest BCUT2D eigenvalue weighted by Crippen LogP contribution is 2.02. The van der Waals surface area contributed by atoms with Crippen molar-refractivity contribution in [3.05, 3.63) is 30.6 Å². The van der Waals surface area contributed by atoms with Gasteiger partial charge in [-0.15, -0.1) is 0 Å². The standard InChI is InChI=1S/C9H9N5O2/c1-2-16-8(15)7-12-6-13-14(7)9-10-4-3-5-11-9/h3-6H,2H2,1H3. The summed E-state index contributed by atoms with van der Waals surface area (Å²) in [6.07, 6.45) is 4.36. The first kappa shape index (κ1) is 10.2. The Morgan fingerprint density at radius 2 is 2.12 bits per heavy atom. The van der Waals surface area contributed by atoms with Crippen molar-refractivity contribution in [3.8, 4) is 5.95 Å². The quantitative estimate of drug-likeness (QED) is 0.687. The smallest absolute Gasteiger partial charge is 0.376 e. The van der Waals surface area contributed by atoms with E-state index < -0.39 is 5.97 Å². The number of carbonyl (C=O) groups excluding carboxylic acids is 1. The van der Waals surface area contributed by atoms with Crippen LogP contribution in [0.1, 0.15) is 17.5 Å². The Morgan fingerprint density at radius 3 is 2.81 bits per heavy atom. The van der Waals surface area contributed by atoms with Gasteiger partial charge >= 0.3 is 5.97 Å². The summed E-state index contributed by atoms with van der Waals surface area (Å²) in [4.78, 5) is 23.2. The molecular formula is C9H9N5O2. The number of hydrogen-bond donors (Lipinski definition) is 0. The Labute approximate surface area is 91.1 Å². The Bertz CT molecular complexity index is 482. The first-order chi connectivity index (χ1) is 7.83. The van der Waals surface area contributed by atoms with Gasteiger partial charge in [0.1, 0.15) is 6.33 Å². The van der Waals surface area contributed by atoms with Crippen LogP contribution in [0.25, 0.3) is 5.95 Å². The zero-order chi connectivity index (χ0) is 11.4. The van der Waals surface area contributed by atoms with Crippen LogP contribution in [0.15, 0.2) is 24.8 Å². The average Bonchev–Trinajstić information content (AvgIpc) is 2.79. The van der Waals surface area contributed by atoms with E-state index in [9.17, 15) is 4.79 Å². The number of esters is 1. The summed E-state index contributed by atoms with van der Waals surface area (Å²) < 4.78 is 6.06. The highest BCUT2D eigenvalue weighted by molar-refractivity contribution is 5.85. The summed E-state index contributed by atoms with van der Waals surface area (Å²) in [5.74, 6) is -0.205. The van der Waals surface area contributed by atoms with Gasteiger partial charge in [-0.25, -0.2) is 19.7 Å². The fraction of sp³-hybridized carbons (Fsp3) is 0.222. The third-order valence-electron chi connectivity index (χ3n) is 1.75. The van der Waals surface area contributed by atoms with Crippen LogP contribution in [0.3, 0.4) is 0 Å². The molecule has 0 amide bonds. The molecule has 0 atom stereocenters.